The van der Waals surface area contributed by atoms with Crippen LogP contribution in [0.5, 0.6) is 0 Å². The van der Waals surface area contributed by atoms with Gasteiger partial charge in [-0.3, -0.25) is 4.57 Å². The van der Waals surface area contributed by atoms with Crippen LogP contribution in [0.25, 0.3) is 5.82 Å². The predicted octanol–water partition coefficient (Wildman–Crippen LogP) is 1.27. The van der Waals surface area contributed by atoms with Crippen molar-refractivity contribution in [2.45, 2.75) is 0 Å². The number of aromatic nitrogens is 4. The molecule has 0 aromatic carbocycles. The second-order valence-corrected chi connectivity index (χ2v) is 3.26. The van der Waals surface area contributed by atoms with E-state index in [-0.39, 0.29) is 0 Å². The lowest BCUT2D eigenvalue weighted by Crippen LogP contribution is -1.97. The van der Waals surface area contributed by atoms with Gasteiger partial charge in [0, 0.05) is 6.20 Å². The first-order valence-electron chi connectivity index (χ1n) is 3.32. The van der Waals surface area contributed by atoms with Crippen molar-refractivity contribution in [1.82, 2.24) is 19.5 Å². The zero-order valence-electron chi connectivity index (χ0n) is 6.05. The molecule has 12 heavy (non-hydrogen) atoms. The number of halogens is 1. The van der Waals surface area contributed by atoms with Crippen LogP contribution in [0, 0.1) is 3.70 Å². The third-order valence-electron chi connectivity index (χ3n) is 1.41. The topological polar surface area (TPSA) is 43.6 Å². The second-order valence-electron chi connectivity index (χ2n) is 2.15. The Morgan fingerprint density at radius 1 is 1.33 bits per heavy atom. The van der Waals surface area contributed by atoms with E-state index in [1.807, 2.05) is 10.6 Å². The van der Waals surface area contributed by atoms with Gasteiger partial charge in [-0.1, -0.05) is 0 Å². The van der Waals surface area contributed by atoms with Crippen LogP contribution in [0.15, 0.2) is 31.1 Å². The smallest absolute Gasteiger partial charge is 0.142 e. The Labute approximate surface area is 82.8 Å². The van der Waals surface area contributed by atoms with E-state index in [2.05, 4.69) is 37.5 Å². The molecule has 0 saturated heterocycles. The van der Waals surface area contributed by atoms with Crippen molar-refractivity contribution in [3.8, 4) is 5.82 Å². The molecule has 0 spiro atoms. The Morgan fingerprint density at radius 2 is 2.25 bits per heavy atom. The van der Waals surface area contributed by atoms with Gasteiger partial charge >= 0.3 is 0 Å². The zero-order valence-corrected chi connectivity index (χ0v) is 8.21. The summed E-state index contributed by atoms with van der Waals surface area (Å²) in [6.45, 7) is 0. The van der Waals surface area contributed by atoms with Gasteiger partial charge in [0.25, 0.3) is 0 Å². The summed E-state index contributed by atoms with van der Waals surface area (Å²) in [6.07, 6.45) is 6.73. The van der Waals surface area contributed by atoms with E-state index in [9.17, 15) is 0 Å². The van der Waals surface area contributed by atoms with E-state index in [4.69, 9.17) is 0 Å². The SMILES string of the molecule is Ic1cncn1-c1ccncn1. The molecule has 0 N–H and O–H groups in total. The van der Waals surface area contributed by atoms with Crippen LogP contribution >= 0.6 is 22.6 Å². The predicted molar refractivity (Wildman–Crippen MR) is 51.9 cm³/mol. The molecular weight excluding hydrogens is 267 g/mol. The minimum atomic E-state index is 0.840. The van der Waals surface area contributed by atoms with Crippen molar-refractivity contribution in [3.05, 3.63) is 34.8 Å². The van der Waals surface area contributed by atoms with E-state index in [0.29, 0.717) is 0 Å². The molecule has 0 aliphatic rings. The summed E-state index contributed by atoms with van der Waals surface area (Å²) in [7, 11) is 0. The van der Waals surface area contributed by atoms with Gasteiger partial charge in [0.05, 0.1) is 6.20 Å². The first-order valence-corrected chi connectivity index (χ1v) is 4.40. The fourth-order valence-electron chi connectivity index (χ4n) is 0.874. The van der Waals surface area contributed by atoms with Crippen LogP contribution in [0.3, 0.4) is 0 Å². The van der Waals surface area contributed by atoms with Gasteiger partial charge in [-0.25, -0.2) is 15.0 Å². The summed E-state index contributed by atoms with van der Waals surface area (Å²) >= 11 is 2.20. The number of nitrogens with zero attached hydrogens (tertiary/aromatic N) is 4. The molecule has 5 heteroatoms. The standard InChI is InChI=1S/C7H5IN4/c8-6-3-10-5-12(6)7-1-2-9-4-11-7/h1-5H. The van der Waals surface area contributed by atoms with E-state index in [1.165, 1.54) is 6.33 Å². The highest BCUT2D eigenvalue weighted by molar-refractivity contribution is 14.1. The van der Waals surface area contributed by atoms with Crippen LogP contribution in [0.2, 0.25) is 0 Å². The van der Waals surface area contributed by atoms with Gasteiger partial charge < -0.3 is 0 Å². The summed E-state index contributed by atoms with van der Waals surface area (Å²) in [6, 6.07) is 1.84. The van der Waals surface area contributed by atoms with Crippen LogP contribution in [-0.2, 0) is 0 Å². The first-order chi connectivity index (χ1) is 5.88. The fraction of sp³-hybridized carbons (Fsp3) is 0. The van der Waals surface area contributed by atoms with Crippen LogP contribution in [0.1, 0.15) is 0 Å². The third kappa shape index (κ3) is 1.31. The van der Waals surface area contributed by atoms with Crippen molar-refractivity contribution >= 4 is 22.6 Å². The highest BCUT2D eigenvalue weighted by Gasteiger charge is 1.99. The van der Waals surface area contributed by atoms with E-state index < -0.39 is 0 Å². The molecule has 60 valence electrons. The molecule has 0 bridgehead atoms. The second kappa shape index (κ2) is 3.18. The van der Waals surface area contributed by atoms with E-state index >= 15 is 0 Å². The fourth-order valence-corrected chi connectivity index (χ4v) is 1.41. The van der Waals surface area contributed by atoms with E-state index in [1.54, 1.807) is 18.7 Å². The minimum Gasteiger partial charge on any atom is -0.278 e. The lowest BCUT2D eigenvalue weighted by atomic mass is 10.6. The zero-order chi connectivity index (χ0) is 8.39. The summed E-state index contributed by atoms with van der Waals surface area (Å²) < 4.78 is 2.92. The maximum Gasteiger partial charge on any atom is 0.142 e. The molecule has 0 fully saturated rings. The Bertz CT molecular complexity index is 370. The molecule has 0 atom stereocenters. The van der Waals surface area contributed by atoms with Gasteiger partial charge in [-0.2, -0.15) is 0 Å². The molecule has 2 aromatic heterocycles. The number of hydrogen-bond acceptors (Lipinski definition) is 3. The molecule has 0 unspecified atom stereocenters. The summed E-state index contributed by atoms with van der Waals surface area (Å²) in [5.74, 6) is 0.840. The third-order valence-corrected chi connectivity index (χ3v) is 2.20. The maximum absolute atomic E-state index is 4.09. The Hall–Kier alpha value is -0.980. The summed E-state index contributed by atoms with van der Waals surface area (Å²) in [5, 5.41) is 0. The van der Waals surface area contributed by atoms with Crippen LogP contribution in [-0.4, -0.2) is 19.5 Å². The Kier molecular flexibility index (Phi) is 2.03. The summed E-state index contributed by atoms with van der Waals surface area (Å²) in [5.41, 5.74) is 0. The molecule has 0 radical (unpaired) electrons. The molecular formula is C7H5IN4. The molecule has 0 aliphatic heterocycles. The quantitative estimate of drug-likeness (QED) is 0.734. The largest absolute Gasteiger partial charge is 0.278 e. The molecule has 0 aliphatic carbocycles. The van der Waals surface area contributed by atoms with Gasteiger partial charge in [-0.15, -0.1) is 0 Å². The number of rotatable bonds is 1. The molecule has 0 amide bonds. The number of hydrogen-bond donors (Lipinski definition) is 0. The van der Waals surface area contributed by atoms with Crippen molar-refractivity contribution in [1.29, 1.82) is 0 Å². The van der Waals surface area contributed by atoms with Crippen molar-refractivity contribution in [2.75, 3.05) is 0 Å². The minimum absolute atomic E-state index is 0.840. The van der Waals surface area contributed by atoms with Crippen molar-refractivity contribution in [3.63, 3.8) is 0 Å². The molecule has 2 aromatic rings. The monoisotopic (exact) mass is 272 g/mol. The molecule has 2 heterocycles. The average molecular weight is 272 g/mol. The lowest BCUT2D eigenvalue weighted by Gasteiger charge is -1.99. The van der Waals surface area contributed by atoms with Crippen LogP contribution < -0.4 is 0 Å². The molecule has 4 nitrogen and oxygen atoms in total. The van der Waals surface area contributed by atoms with Gasteiger partial charge in [-0.05, 0) is 28.7 Å². The lowest BCUT2D eigenvalue weighted by molar-refractivity contribution is 0.951. The Morgan fingerprint density at radius 3 is 2.83 bits per heavy atom. The van der Waals surface area contributed by atoms with Gasteiger partial charge in [0.15, 0.2) is 0 Å². The Balaban J connectivity index is 2.51. The van der Waals surface area contributed by atoms with Gasteiger partial charge in [0.2, 0.25) is 0 Å². The average Bonchev–Trinajstić information content (AvgIpc) is 2.53. The maximum atomic E-state index is 4.09. The normalized spacial score (nSPS) is 10.1. The first kappa shape index (κ1) is 7.66. The number of imidazole rings is 1. The highest BCUT2D eigenvalue weighted by Crippen LogP contribution is 2.08. The van der Waals surface area contributed by atoms with Crippen molar-refractivity contribution in [2.24, 2.45) is 0 Å². The molecule has 2 rings (SSSR count). The van der Waals surface area contributed by atoms with Crippen molar-refractivity contribution < 1.29 is 0 Å². The summed E-state index contributed by atoms with van der Waals surface area (Å²) in [4.78, 5) is 11.9. The highest BCUT2D eigenvalue weighted by atomic mass is 127. The molecule has 0 saturated carbocycles. The van der Waals surface area contributed by atoms with Gasteiger partial charge in [0.1, 0.15) is 22.2 Å². The van der Waals surface area contributed by atoms with E-state index in [0.717, 1.165) is 9.52 Å². The van der Waals surface area contributed by atoms with Crippen LogP contribution in [0.4, 0.5) is 0 Å².